The van der Waals surface area contributed by atoms with Crippen molar-refractivity contribution in [2.75, 3.05) is 0 Å². The average molecular weight is 266 g/mol. The van der Waals surface area contributed by atoms with Crippen LogP contribution in [0.2, 0.25) is 5.02 Å². The van der Waals surface area contributed by atoms with Crippen LogP contribution in [0.5, 0.6) is 0 Å². The van der Waals surface area contributed by atoms with Gasteiger partial charge in [-0.2, -0.15) is 0 Å². The number of alkyl halides is 1. The maximum absolute atomic E-state index is 13.3. The van der Waals surface area contributed by atoms with Crippen molar-refractivity contribution >= 4 is 27.5 Å². The van der Waals surface area contributed by atoms with Crippen LogP contribution in [0.15, 0.2) is 18.2 Å². The van der Waals surface area contributed by atoms with E-state index < -0.39 is 0 Å². The fourth-order valence-electron chi connectivity index (χ4n) is 1.10. The average Bonchev–Trinajstić information content (AvgIpc) is 2.07. The fourth-order valence-corrected chi connectivity index (χ4v) is 1.52. The summed E-state index contributed by atoms with van der Waals surface area (Å²) >= 11 is 9.06. The molecular formula is C10H11BrClF. The van der Waals surface area contributed by atoms with E-state index in [0.717, 1.165) is 12.8 Å². The first-order valence-electron chi connectivity index (χ1n) is 4.18. The summed E-state index contributed by atoms with van der Waals surface area (Å²) in [4.78, 5) is 0.408. The predicted octanol–water partition coefficient (Wildman–Crippen LogP) is 4.20. The highest BCUT2D eigenvalue weighted by molar-refractivity contribution is 9.09. The lowest BCUT2D eigenvalue weighted by molar-refractivity contribution is 0.605. The lowest BCUT2D eigenvalue weighted by Crippen LogP contribution is -1.97. The van der Waals surface area contributed by atoms with E-state index >= 15 is 0 Å². The van der Waals surface area contributed by atoms with Crippen LogP contribution in [0.4, 0.5) is 4.39 Å². The van der Waals surface area contributed by atoms with Gasteiger partial charge in [0, 0.05) is 4.83 Å². The summed E-state index contributed by atoms with van der Waals surface area (Å²) in [5.41, 5.74) is 0.693. The minimum absolute atomic E-state index is 0.208. The topological polar surface area (TPSA) is 0 Å². The van der Waals surface area contributed by atoms with Gasteiger partial charge in [-0.05, 0) is 24.5 Å². The summed E-state index contributed by atoms with van der Waals surface area (Å²) in [6.45, 7) is 2.04. The van der Waals surface area contributed by atoms with Gasteiger partial charge in [0.2, 0.25) is 0 Å². The molecule has 0 aromatic heterocycles. The Morgan fingerprint density at radius 1 is 1.54 bits per heavy atom. The van der Waals surface area contributed by atoms with Crippen molar-refractivity contribution in [3.63, 3.8) is 0 Å². The Kier molecular flexibility index (Phi) is 4.20. The smallest absolute Gasteiger partial charge is 0.144 e. The molecule has 1 aromatic carbocycles. The third-order valence-electron chi connectivity index (χ3n) is 1.84. The second kappa shape index (κ2) is 4.97. The Morgan fingerprint density at radius 2 is 2.23 bits per heavy atom. The Morgan fingerprint density at radius 3 is 2.85 bits per heavy atom. The highest BCUT2D eigenvalue weighted by Gasteiger charge is 2.06. The van der Waals surface area contributed by atoms with Gasteiger partial charge in [0.15, 0.2) is 0 Å². The van der Waals surface area contributed by atoms with Gasteiger partial charge in [0.1, 0.15) is 5.82 Å². The van der Waals surface area contributed by atoms with Crippen molar-refractivity contribution in [1.29, 1.82) is 0 Å². The van der Waals surface area contributed by atoms with Crippen molar-refractivity contribution in [2.45, 2.75) is 24.6 Å². The summed E-state index contributed by atoms with van der Waals surface area (Å²) in [6.07, 6.45) is 1.63. The first-order chi connectivity index (χ1) is 6.11. The molecule has 0 heterocycles. The monoisotopic (exact) mass is 264 g/mol. The number of hydrogen-bond acceptors (Lipinski definition) is 0. The lowest BCUT2D eigenvalue weighted by Gasteiger charge is -2.05. The molecule has 1 unspecified atom stereocenters. The van der Waals surface area contributed by atoms with Gasteiger partial charge in [-0.25, -0.2) is 4.39 Å². The van der Waals surface area contributed by atoms with E-state index in [9.17, 15) is 4.39 Å². The fraction of sp³-hybridized carbons (Fsp3) is 0.400. The standard InChI is InChI=1S/C10H11BrClF/c1-7(11)5-6-8-3-2-4-9(12)10(8)13/h2-4,7H,5-6H2,1H3. The molecule has 0 aliphatic heterocycles. The van der Waals surface area contributed by atoms with E-state index in [1.807, 2.05) is 6.92 Å². The normalized spacial score (nSPS) is 12.9. The molecule has 72 valence electrons. The van der Waals surface area contributed by atoms with Crippen LogP contribution < -0.4 is 0 Å². The molecule has 0 saturated carbocycles. The molecule has 0 aliphatic rings. The molecule has 13 heavy (non-hydrogen) atoms. The first-order valence-corrected chi connectivity index (χ1v) is 5.47. The third-order valence-corrected chi connectivity index (χ3v) is 2.59. The van der Waals surface area contributed by atoms with Crippen LogP contribution in [0.3, 0.4) is 0 Å². The Bertz CT molecular complexity index is 286. The minimum atomic E-state index is -0.280. The van der Waals surface area contributed by atoms with Crippen molar-refractivity contribution in [2.24, 2.45) is 0 Å². The van der Waals surface area contributed by atoms with E-state index in [4.69, 9.17) is 11.6 Å². The van der Waals surface area contributed by atoms with Gasteiger partial charge >= 0.3 is 0 Å². The molecule has 0 fully saturated rings. The van der Waals surface area contributed by atoms with Crippen LogP contribution in [0.1, 0.15) is 18.9 Å². The molecule has 1 atom stereocenters. The molecule has 1 aromatic rings. The van der Waals surface area contributed by atoms with Crippen LogP contribution in [0, 0.1) is 5.82 Å². The number of rotatable bonds is 3. The molecule has 0 aliphatic carbocycles. The van der Waals surface area contributed by atoms with Crippen molar-refractivity contribution < 1.29 is 4.39 Å². The minimum Gasteiger partial charge on any atom is -0.205 e. The Hall–Kier alpha value is -0.0800. The molecule has 1 rings (SSSR count). The summed E-state index contributed by atoms with van der Waals surface area (Å²) < 4.78 is 13.3. The van der Waals surface area contributed by atoms with Gasteiger partial charge in [0.05, 0.1) is 5.02 Å². The summed E-state index contributed by atoms with van der Waals surface area (Å²) in [5.74, 6) is -0.280. The molecule has 0 nitrogen and oxygen atoms in total. The lowest BCUT2D eigenvalue weighted by atomic mass is 10.1. The number of hydrogen-bond donors (Lipinski definition) is 0. The largest absolute Gasteiger partial charge is 0.205 e. The SMILES string of the molecule is CC(Br)CCc1cccc(Cl)c1F. The van der Waals surface area contributed by atoms with Crippen LogP contribution in [-0.4, -0.2) is 4.83 Å². The second-order valence-corrected chi connectivity index (χ2v) is 5.00. The molecular weight excluding hydrogens is 254 g/mol. The molecule has 0 amide bonds. The number of halogens is 3. The maximum atomic E-state index is 13.3. The summed E-state index contributed by atoms with van der Waals surface area (Å²) in [7, 11) is 0. The van der Waals surface area contributed by atoms with E-state index in [2.05, 4.69) is 15.9 Å². The predicted molar refractivity (Wildman–Crippen MR) is 58.1 cm³/mol. The first kappa shape index (κ1) is 11.0. The highest BCUT2D eigenvalue weighted by atomic mass is 79.9. The van der Waals surface area contributed by atoms with Gasteiger partial charge in [-0.15, -0.1) is 0 Å². The Labute approximate surface area is 91.2 Å². The number of aryl methyl sites for hydroxylation is 1. The second-order valence-electron chi connectivity index (χ2n) is 3.03. The van der Waals surface area contributed by atoms with Gasteiger partial charge < -0.3 is 0 Å². The van der Waals surface area contributed by atoms with E-state index in [1.54, 1.807) is 18.2 Å². The van der Waals surface area contributed by atoms with E-state index in [0.29, 0.717) is 10.4 Å². The zero-order valence-electron chi connectivity index (χ0n) is 7.36. The van der Waals surface area contributed by atoms with E-state index in [1.165, 1.54) is 0 Å². The van der Waals surface area contributed by atoms with Crippen LogP contribution in [0.25, 0.3) is 0 Å². The van der Waals surface area contributed by atoms with Crippen molar-refractivity contribution in [3.05, 3.63) is 34.6 Å². The van der Waals surface area contributed by atoms with Gasteiger partial charge in [-0.3, -0.25) is 0 Å². The summed E-state index contributed by atoms with van der Waals surface area (Å²) in [5, 5.41) is 0.208. The Balaban J connectivity index is 2.71. The maximum Gasteiger partial charge on any atom is 0.144 e. The third kappa shape index (κ3) is 3.28. The van der Waals surface area contributed by atoms with Crippen molar-refractivity contribution in [1.82, 2.24) is 0 Å². The quantitative estimate of drug-likeness (QED) is 0.719. The van der Waals surface area contributed by atoms with E-state index in [-0.39, 0.29) is 10.8 Å². The van der Waals surface area contributed by atoms with Crippen LogP contribution in [-0.2, 0) is 6.42 Å². The molecule has 0 saturated heterocycles. The molecule has 0 radical (unpaired) electrons. The van der Waals surface area contributed by atoms with Gasteiger partial charge in [-0.1, -0.05) is 46.6 Å². The highest BCUT2D eigenvalue weighted by Crippen LogP contribution is 2.20. The zero-order valence-corrected chi connectivity index (χ0v) is 9.70. The van der Waals surface area contributed by atoms with Crippen molar-refractivity contribution in [3.8, 4) is 0 Å². The molecule has 3 heteroatoms. The molecule has 0 spiro atoms. The van der Waals surface area contributed by atoms with Gasteiger partial charge in [0.25, 0.3) is 0 Å². The number of benzene rings is 1. The summed E-state index contributed by atoms with van der Waals surface area (Å²) in [6, 6.07) is 5.12. The molecule has 0 bridgehead atoms. The zero-order chi connectivity index (χ0) is 9.84. The molecule has 0 N–H and O–H groups in total. The van der Waals surface area contributed by atoms with Crippen LogP contribution >= 0.6 is 27.5 Å².